The van der Waals surface area contributed by atoms with Gasteiger partial charge in [-0.05, 0) is 25.9 Å². The van der Waals surface area contributed by atoms with E-state index in [0.29, 0.717) is 6.54 Å². The maximum absolute atomic E-state index is 10.6. The van der Waals surface area contributed by atoms with E-state index in [1.807, 2.05) is 0 Å². The average molecular weight is 267 g/mol. The first-order chi connectivity index (χ1) is 7.89. The molecule has 0 heterocycles. The van der Waals surface area contributed by atoms with Crippen molar-refractivity contribution in [2.75, 3.05) is 25.4 Å². The van der Waals surface area contributed by atoms with Crippen LogP contribution < -0.4 is 0 Å². The molecule has 0 unspecified atom stereocenters. The van der Waals surface area contributed by atoms with Crippen molar-refractivity contribution in [2.24, 2.45) is 0 Å². The van der Waals surface area contributed by atoms with E-state index >= 15 is 0 Å². The molecule has 5 nitrogen and oxygen atoms in total. The van der Waals surface area contributed by atoms with Crippen LogP contribution in [-0.4, -0.2) is 54.5 Å². The van der Waals surface area contributed by atoms with E-state index in [1.165, 1.54) is 0 Å². The second-order valence-electron chi connectivity index (χ2n) is 4.41. The van der Waals surface area contributed by atoms with Gasteiger partial charge in [0.1, 0.15) is 5.75 Å². The third-order valence-corrected chi connectivity index (χ3v) is 3.33. The molecule has 0 aromatic carbocycles. The molecular formula is C11H25NO4S. The Morgan fingerprint density at radius 2 is 1.59 bits per heavy atom. The van der Waals surface area contributed by atoms with Gasteiger partial charge in [-0.25, -0.2) is 0 Å². The number of rotatable bonds is 10. The highest BCUT2D eigenvalue weighted by Gasteiger charge is 2.17. The molecule has 0 saturated heterocycles. The number of unbranched alkanes of at least 4 members (excludes halogenated alkanes) is 2. The lowest BCUT2D eigenvalue weighted by Crippen LogP contribution is -2.37. The molecule has 0 aromatic rings. The quantitative estimate of drug-likeness (QED) is 0.580. The molecular weight excluding hydrogens is 242 g/mol. The smallest absolute Gasteiger partial charge is 0.267 e. The Kier molecular flexibility index (Phi) is 8.77. The zero-order valence-corrected chi connectivity index (χ0v) is 11.6. The van der Waals surface area contributed by atoms with Crippen molar-refractivity contribution in [2.45, 2.75) is 45.6 Å². The van der Waals surface area contributed by atoms with Crippen LogP contribution in [-0.2, 0) is 10.1 Å². The van der Waals surface area contributed by atoms with E-state index in [4.69, 9.17) is 4.55 Å². The molecule has 0 spiro atoms. The van der Waals surface area contributed by atoms with Crippen molar-refractivity contribution in [3.8, 4) is 0 Å². The van der Waals surface area contributed by atoms with Crippen molar-refractivity contribution >= 4 is 10.1 Å². The molecule has 2 N–H and O–H groups in total. The number of hydrogen-bond donors (Lipinski definition) is 2. The lowest BCUT2D eigenvalue weighted by molar-refractivity contribution is 0.125. The average Bonchev–Trinajstić information content (AvgIpc) is 2.19. The second-order valence-corrected chi connectivity index (χ2v) is 5.91. The molecule has 1 atom stereocenters. The third-order valence-electron chi connectivity index (χ3n) is 2.53. The van der Waals surface area contributed by atoms with Gasteiger partial charge in [0.2, 0.25) is 0 Å². The number of hydrogen-bond acceptors (Lipinski definition) is 4. The predicted molar refractivity (Wildman–Crippen MR) is 68.7 cm³/mol. The minimum Gasteiger partial charge on any atom is -0.391 e. The molecule has 0 bridgehead atoms. The normalized spacial score (nSPS) is 14.2. The SMILES string of the molecule is CCCCN(CCCC)C[C@@H](O)CS(=O)(=O)O. The van der Waals surface area contributed by atoms with Gasteiger partial charge in [-0.15, -0.1) is 0 Å². The van der Waals surface area contributed by atoms with Gasteiger partial charge in [0.25, 0.3) is 10.1 Å². The Morgan fingerprint density at radius 1 is 1.12 bits per heavy atom. The van der Waals surface area contributed by atoms with Crippen LogP contribution >= 0.6 is 0 Å². The van der Waals surface area contributed by atoms with E-state index in [-0.39, 0.29) is 0 Å². The lowest BCUT2D eigenvalue weighted by Gasteiger charge is -2.24. The van der Waals surface area contributed by atoms with Gasteiger partial charge in [-0.3, -0.25) is 4.55 Å². The summed E-state index contributed by atoms with van der Waals surface area (Å²) in [5.74, 6) is -0.582. The van der Waals surface area contributed by atoms with Gasteiger partial charge in [0, 0.05) is 6.54 Å². The fraction of sp³-hybridized carbons (Fsp3) is 1.00. The van der Waals surface area contributed by atoms with Crippen molar-refractivity contribution in [1.82, 2.24) is 4.90 Å². The van der Waals surface area contributed by atoms with Crippen LogP contribution in [0.3, 0.4) is 0 Å². The number of aliphatic hydroxyl groups excluding tert-OH is 1. The molecule has 0 rings (SSSR count). The summed E-state index contributed by atoms with van der Waals surface area (Å²) in [6.45, 7) is 6.21. The molecule has 104 valence electrons. The minimum atomic E-state index is -4.09. The largest absolute Gasteiger partial charge is 0.391 e. The van der Waals surface area contributed by atoms with Crippen LogP contribution in [0.5, 0.6) is 0 Å². The Hall–Kier alpha value is -0.170. The van der Waals surface area contributed by atoms with E-state index in [2.05, 4.69) is 18.7 Å². The van der Waals surface area contributed by atoms with Gasteiger partial charge >= 0.3 is 0 Å². The summed E-state index contributed by atoms with van der Waals surface area (Å²) in [4.78, 5) is 2.06. The molecule has 0 saturated carbocycles. The van der Waals surface area contributed by atoms with E-state index in [9.17, 15) is 13.5 Å². The predicted octanol–water partition coefficient (Wildman–Crippen LogP) is 1.14. The molecule has 0 aromatic heterocycles. The summed E-state index contributed by atoms with van der Waals surface area (Å²) >= 11 is 0. The van der Waals surface area contributed by atoms with Crippen molar-refractivity contribution in [1.29, 1.82) is 0 Å². The Balaban J connectivity index is 4.11. The zero-order valence-electron chi connectivity index (χ0n) is 10.8. The first-order valence-electron chi connectivity index (χ1n) is 6.24. The molecule has 17 heavy (non-hydrogen) atoms. The molecule has 0 aliphatic rings. The third kappa shape index (κ3) is 10.7. The van der Waals surface area contributed by atoms with Crippen LogP contribution in [0.15, 0.2) is 0 Å². The lowest BCUT2D eigenvalue weighted by atomic mass is 10.2. The van der Waals surface area contributed by atoms with E-state index in [1.54, 1.807) is 0 Å². The van der Waals surface area contributed by atoms with Crippen LogP contribution in [0.1, 0.15) is 39.5 Å². The number of nitrogens with zero attached hydrogens (tertiary/aromatic N) is 1. The van der Waals surface area contributed by atoms with Gasteiger partial charge in [0.05, 0.1) is 6.10 Å². The fourth-order valence-electron chi connectivity index (χ4n) is 1.65. The highest BCUT2D eigenvalue weighted by molar-refractivity contribution is 7.85. The fourth-order valence-corrected chi connectivity index (χ4v) is 2.24. The van der Waals surface area contributed by atoms with Crippen LogP contribution in [0.25, 0.3) is 0 Å². The van der Waals surface area contributed by atoms with Crippen molar-refractivity contribution in [3.63, 3.8) is 0 Å². The molecule has 0 aliphatic heterocycles. The Bertz CT molecular complexity index is 271. The van der Waals surface area contributed by atoms with Gasteiger partial charge in [-0.1, -0.05) is 26.7 Å². The highest BCUT2D eigenvalue weighted by atomic mass is 32.2. The Morgan fingerprint density at radius 3 is 1.94 bits per heavy atom. The summed E-state index contributed by atoms with van der Waals surface area (Å²) in [6, 6.07) is 0. The molecule has 0 aliphatic carbocycles. The summed E-state index contributed by atoms with van der Waals surface area (Å²) in [7, 11) is -4.09. The zero-order chi connectivity index (χ0) is 13.3. The first kappa shape index (κ1) is 16.8. The molecule has 0 radical (unpaired) electrons. The summed E-state index contributed by atoms with van der Waals surface area (Å²) in [6.07, 6.45) is 3.18. The summed E-state index contributed by atoms with van der Waals surface area (Å²) in [5, 5.41) is 9.57. The van der Waals surface area contributed by atoms with Gasteiger partial charge in [0.15, 0.2) is 0 Å². The van der Waals surface area contributed by atoms with Crippen LogP contribution in [0.4, 0.5) is 0 Å². The van der Waals surface area contributed by atoms with Crippen molar-refractivity contribution < 1.29 is 18.1 Å². The second kappa shape index (κ2) is 8.85. The Labute approximate surface area is 105 Å². The van der Waals surface area contributed by atoms with Gasteiger partial charge in [-0.2, -0.15) is 8.42 Å². The topological polar surface area (TPSA) is 77.8 Å². The van der Waals surface area contributed by atoms with Crippen molar-refractivity contribution in [3.05, 3.63) is 0 Å². The maximum atomic E-state index is 10.6. The van der Waals surface area contributed by atoms with E-state index < -0.39 is 22.0 Å². The summed E-state index contributed by atoms with van der Waals surface area (Å²) in [5.41, 5.74) is 0. The molecule has 6 heteroatoms. The van der Waals surface area contributed by atoms with Crippen LogP contribution in [0.2, 0.25) is 0 Å². The standard InChI is InChI=1S/C11H25NO4S/c1-3-5-7-12(8-6-4-2)9-11(13)10-17(14,15)16/h11,13H,3-10H2,1-2H3,(H,14,15,16)/t11-/m1/s1. The monoisotopic (exact) mass is 267 g/mol. The van der Waals surface area contributed by atoms with Gasteiger partial charge < -0.3 is 10.0 Å². The maximum Gasteiger partial charge on any atom is 0.267 e. The minimum absolute atomic E-state index is 0.305. The van der Waals surface area contributed by atoms with E-state index in [0.717, 1.165) is 38.8 Å². The first-order valence-corrected chi connectivity index (χ1v) is 7.85. The summed E-state index contributed by atoms with van der Waals surface area (Å²) < 4.78 is 29.9. The van der Waals surface area contributed by atoms with Crippen LogP contribution in [0, 0.1) is 0 Å². The molecule has 0 fully saturated rings. The number of aliphatic hydroxyl groups is 1. The molecule has 0 amide bonds. The highest BCUT2D eigenvalue weighted by Crippen LogP contribution is 2.02.